The van der Waals surface area contributed by atoms with Crippen molar-refractivity contribution in [2.75, 3.05) is 5.32 Å². The lowest BCUT2D eigenvalue weighted by Gasteiger charge is -2.19. The van der Waals surface area contributed by atoms with Crippen LogP contribution in [0.25, 0.3) is 17.2 Å². The van der Waals surface area contributed by atoms with Gasteiger partial charge in [0.05, 0.1) is 5.02 Å². The number of carboxylic acid groups (broad SMARTS) is 1. The predicted molar refractivity (Wildman–Crippen MR) is 135 cm³/mol. The lowest BCUT2D eigenvalue weighted by Crippen LogP contribution is -2.09. The Hall–Kier alpha value is -3.84. The maximum Gasteiger partial charge on any atom is 0.328 e. The minimum Gasteiger partial charge on any atom is -0.478 e. The summed E-state index contributed by atoms with van der Waals surface area (Å²) in [5, 5.41) is 18.8. The first-order valence-electron chi connectivity index (χ1n) is 10.6. The third-order valence-corrected chi connectivity index (χ3v) is 5.60. The average Bonchev–Trinajstić information content (AvgIpc) is 2.82. The maximum absolute atomic E-state index is 13.7. The zero-order valence-electron chi connectivity index (χ0n) is 18.7. The fourth-order valence-electron chi connectivity index (χ4n) is 3.77. The van der Waals surface area contributed by atoms with E-state index in [1.54, 1.807) is 42.5 Å². The molecule has 180 valence electrons. The van der Waals surface area contributed by atoms with Crippen molar-refractivity contribution in [2.45, 2.75) is 19.9 Å². The Morgan fingerprint density at radius 1 is 1.09 bits per heavy atom. The third-order valence-electron chi connectivity index (χ3n) is 5.29. The van der Waals surface area contributed by atoms with Gasteiger partial charge < -0.3 is 15.8 Å². The van der Waals surface area contributed by atoms with Crippen LogP contribution in [0.2, 0.25) is 5.02 Å². The van der Waals surface area contributed by atoms with Crippen LogP contribution in [0.1, 0.15) is 41.2 Å². The number of carbonyl (C=O) groups is 1. The molecule has 0 aliphatic heterocycles. The van der Waals surface area contributed by atoms with E-state index < -0.39 is 18.3 Å². The number of hydrogen-bond acceptors (Lipinski definition) is 3. The number of allylic oxidation sites excluding steroid dienone is 1. The van der Waals surface area contributed by atoms with E-state index in [2.05, 4.69) is 0 Å². The van der Waals surface area contributed by atoms with Crippen LogP contribution < -0.4 is 5.32 Å². The van der Waals surface area contributed by atoms with Crippen LogP contribution in [0.3, 0.4) is 0 Å². The Morgan fingerprint density at radius 3 is 2.34 bits per heavy atom. The fourth-order valence-corrected chi connectivity index (χ4v) is 4.05. The maximum atomic E-state index is 13.7. The van der Waals surface area contributed by atoms with Gasteiger partial charge in [-0.15, -0.1) is 0 Å². The van der Waals surface area contributed by atoms with Gasteiger partial charge in [-0.2, -0.15) is 8.78 Å². The highest BCUT2D eigenvalue weighted by molar-refractivity contribution is 6.32. The number of halogens is 4. The SMILES string of the molecule is CC/C(=C(/c1ccc(/C=C/C(=O)O)cc1)c1ccc(NC(F)F)c(C=N)c1)c1ccc(F)cc1Cl. The van der Waals surface area contributed by atoms with Gasteiger partial charge in [-0.3, -0.25) is 0 Å². The molecule has 0 spiro atoms. The monoisotopic (exact) mass is 498 g/mol. The molecule has 0 aliphatic carbocycles. The number of rotatable bonds is 9. The van der Waals surface area contributed by atoms with Crippen molar-refractivity contribution in [2.24, 2.45) is 0 Å². The highest BCUT2D eigenvalue weighted by Crippen LogP contribution is 2.38. The molecule has 0 bridgehead atoms. The van der Waals surface area contributed by atoms with Crippen molar-refractivity contribution in [1.29, 1.82) is 5.41 Å². The second kappa shape index (κ2) is 11.5. The molecule has 3 aromatic carbocycles. The molecular weight excluding hydrogens is 477 g/mol. The smallest absolute Gasteiger partial charge is 0.328 e. The molecule has 3 aromatic rings. The second-order valence-electron chi connectivity index (χ2n) is 7.52. The molecule has 4 nitrogen and oxygen atoms in total. The van der Waals surface area contributed by atoms with E-state index in [0.29, 0.717) is 23.1 Å². The molecule has 0 aliphatic rings. The van der Waals surface area contributed by atoms with Gasteiger partial charge in [-0.25, -0.2) is 9.18 Å². The lowest BCUT2D eigenvalue weighted by molar-refractivity contribution is -0.131. The molecule has 8 heteroatoms. The van der Waals surface area contributed by atoms with Crippen LogP contribution in [0.15, 0.2) is 66.7 Å². The summed E-state index contributed by atoms with van der Waals surface area (Å²) >= 11 is 6.39. The van der Waals surface area contributed by atoms with Crippen LogP contribution in [-0.2, 0) is 4.79 Å². The van der Waals surface area contributed by atoms with E-state index >= 15 is 0 Å². The Balaban J connectivity index is 2.26. The van der Waals surface area contributed by atoms with Crippen LogP contribution in [-0.4, -0.2) is 23.8 Å². The molecule has 0 atom stereocenters. The van der Waals surface area contributed by atoms with Gasteiger partial charge in [-0.1, -0.05) is 54.9 Å². The van der Waals surface area contributed by atoms with E-state index in [1.165, 1.54) is 24.3 Å². The normalized spacial score (nSPS) is 12.1. The molecule has 0 fully saturated rings. The van der Waals surface area contributed by atoms with Crippen LogP contribution >= 0.6 is 11.6 Å². The summed E-state index contributed by atoms with van der Waals surface area (Å²) in [5.74, 6) is -1.54. The molecule has 0 aromatic heterocycles. The summed E-state index contributed by atoms with van der Waals surface area (Å²) in [6.45, 7) is -0.867. The van der Waals surface area contributed by atoms with Gasteiger partial charge in [0.1, 0.15) is 5.82 Å². The fraction of sp³-hybridized carbons (Fsp3) is 0.111. The first kappa shape index (κ1) is 25.8. The molecule has 0 radical (unpaired) electrons. The van der Waals surface area contributed by atoms with Crippen molar-refractivity contribution in [1.82, 2.24) is 0 Å². The zero-order chi connectivity index (χ0) is 25.5. The van der Waals surface area contributed by atoms with E-state index in [0.717, 1.165) is 29.0 Å². The molecule has 0 amide bonds. The zero-order valence-corrected chi connectivity index (χ0v) is 19.4. The minimum atomic E-state index is -2.79. The number of alkyl halides is 2. The highest BCUT2D eigenvalue weighted by atomic mass is 35.5. The first-order valence-corrected chi connectivity index (χ1v) is 11.0. The van der Waals surface area contributed by atoms with Gasteiger partial charge in [0.25, 0.3) is 0 Å². The number of hydrogen-bond donors (Lipinski definition) is 3. The standard InChI is InChI=1S/C27H22ClF3N2O2/c1-2-21(22-10-9-20(29)14-23(22)28)26(17-6-3-16(4-7-17)5-12-25(34)35)18-8-11-24(33-27(30)31)19(13-18)15-32/h3-15,27,32-33H,2H2,1H3,(H,34,35)/b12-5+,26-21+,32-15?. The molecule has 0 heterocycles. The molecular formula is C27H22ClF3N2O2. The second-order valence-corrected chi connectivity index (χ2v) is 7.92. The summed E-state index contributed by atoms with van der Waals surface area (Å²) < 4.78 is 39.6. The summed E-state index contributed by atoms with van der Waals surface area (Å²) in [6.07, 6.45) is 4.00. The Kier molecular flexibility index (Phi) is 8.49. The predicted octanol–water partition coefficient (Wildman–Crippen LogP) is 7.58. The summed E-state index contributed by atoms with van der Waals surface area (Å²) in [6, 6.07) is 16.0. The Bertz CT molecular complexity index is 1300. The van der Waals surface area contributed by atoms with Crippen molar-refractivity contribution in [3.63, 3.8) is 0 Å². The number of nitrogens with one attached hydrogen (secondary N) is 2. The van der Waals surface area contributed by atoms with Gasteiger partial charge in [0.15, 0.2) is 0 Å². The van der Waals surface area contributed by atoms with Crippen LogP contribution in [0.5, 0.6) is 0 Å². The van der Waals surface area contributed by atoms with E-state index in [4.69, 9.17) is 22.1 Å². The molecule has 35 heavy (non-hydrogen) atoms. The third kappa shape index (κ3) is 6.39. The molecule has 0 saturated heterocycles. The summed E-state index contributed by atoms with van der Waals surface area (Å²) in [7, 11) is 0. The molecule has 0 saturated carbocycles. The van der Waals surface area contributed by atoms with Gasteiger partial charge >= 0.3 is 12.5 Å². The largest absolute Gasteiger partial charge is 0.478 e. The van der Waals surface area contributed by atoms with E-state index in [-0.39, 0.29) is 16.3 Å². The summed E-state index contributed by atoms with van der Waals surface area (Å²) in [4.78, 5) is 10.8. The number of anilines is 1. The molecule has 0 unspecified atom stereocenters. The van der Waals surface area contributed by atoms with Crippen molar-refractivity contribution in [3.8, 4) is 0 Å². The van der Waals surface area contributed by atoms with Crippen molar-refractivity contribution < 1.29 is 23.1 Å². The molecule has 3 rings (SSSR count). The van der Waals surface area contributed by atoms with Crippen LogP contribution in [0.4, 0.5) is 18.9 Å². The minimum absolute atomic E-state index is 0.116. The topological polar surface area (TPSA) is 73.2 Å². The summed E-state index contributed by atoms with van der Waals surface area (Å²) in [5.41, 5.74) is 4.58. The van der Waals surface area contributed by atoms with Gasteiger partial charge in [0, 0.05) is 23.5 Å². The van der Waals surface area contributed by atoms with E-state index in [1.807, 2.05) is 12.2 Å². The first-order chi connectivity index (χ1) is 16.7. The Labute approximate surface area is 205 Å². The highest BCUT2D eigenvalue weighted by Gasteiger charge is 2.17. The molecule has 3 N–H and O–H groups in total. The number of aliphatic carboxylic acids is 1. The van der Waals surface area contributed by atoms with Gasteiger partial charge in [0.2, 0.25) is 0 Å². The van der Waals surface area contributed by atoms with E-state index in [9.17, 15) is 18.0 Å². The number of carboxylic acids is 1. The van der Waals surface area contributed by atoms with Crippen molar-refractivity contribution in [3.05, 3.63) is 105 Å². The Morgan fingerprint density at radius 2 is 1.77 bits per heavy atom. The van der Waals surface area contributed by atoms with Crippen LogP contribution in [0, 0.1) is 11.2 Å². The van der Waals surface area contributed by atoms with Gasteiger partial charge in [-0.05, 0) is 70.2 Å². The lowest BCUT2D eigenvalue weighted by atomic mass is 9.87. The quantitative estimate of drug-likeness (QED) is 0.123. The average molecular weight is 499 g/mol. The van der Waals surface area contributed by atoms with Crippen molar-refractivity contribution >= 4 is 46.7 Å². The number of benzene rings is 3.